The first-order valence-electron chi connectivity index (χ1n) is 8.19. The highest BCUT2D eigenvalue weighted by Crippen LogP contribution is 2.16. The lowest BCUT2D eigenvalue weighted by Crippen LogP contribution is -2.37. The molecule has 1 atom stereocenters. The van der Waals surface area contributed by atoms with E-state index in [1.165, 1.54) is 0 Å². The number of amides is 3. The number of aryl methyl sites for hydroxylation is 1. The molecule has 0 bridgehead atoms. The van der Waals surface area contributed by atoms with E-state index in [1.807, 2.05) is 31.2 Å². The van der Waals surface area contributed by atoms with Gasteiger partial charge in [0.25, 0.3) is 0 Å². The lowest BCUT2D eigenvalue weighted by Gasteiger charge is -2.16. The summed E-state index contributed by atoms with van der Waals surface area (Å²) in [6.45, 7) is 1.91. The summed E-state index contributed by atoms with van der Waals surface area (Å²) < 4.78 is 0. The largest absolute Gasteiger partial charge is 0.359 e. The van der Waals surface area contributed by atoms with E-state index in [9.17, 15) is 9.59 Å². The van der Waals surface area contributed by atoms with Crippen molar-refractivity contribution in [3.63, 3.8) is 0 Å². The predicted octanol–water partition coefficient (Wildman–Crippen LogP) is 1.91. The number of carbonyl (C=O) groups is 2. The second kappa shape index (κ2) is 9.36. The summed E-state index contributed by atoms with van der Waals surface area (Å²) in [6.07, 6.45) is 6.46. The summed E-state index contributed by atoms with van der Waals surface area (Å²) in [6, 6.07) is 7.09. The maximum absolute atomic E-state index is 12.2. The van der Waals surface area contributed by atoms with Crippen molar-refractivity contribution >= 4 is 17.6 Å². The summed E-state index contributed by atoms with van der Waals surface area (Å²) >= 11 is 0. The first kappa shape index (κ1) is 18.4. The minimum Gasteiger partial charge on any atom is -0.359 e. The van der Waals surface area contributed by atoms with Crippen LogP contribution in [0.25, 0.3) is 0 Å². The summed E-state index contributed by atoms with van der Waals surface area (Å²) in [5, 5.41) is 8.33. The van der Waals surface area contributed by atoms with E-state index < -0.39 is 0 Å². The monoisotopic (exact) mass is 341 g/mol. The zero-order valence-corrected chi connectivity index (χ0v) is 14.5. The van der Waals surface area contributed by atoms with Crippen molar-refractivity contribution in [3.8, 4) is 0 Å². The smallest absolute Gasteiger partial charge is 0.319 e. The van der Waals surface area contributed by atoms with Gasteiger partial charge in [-0.05, 0) is 25.0 Å². The molecule has 0 unspecified atom stereocenters. The van der Waals surface area contributed by atoms with Gasteiger partial charge in [-0.1, -0.05) is 18.2 Å². The molecule has 0 aliphatic heterocycles. The molecule has 2 rings (SSSR count). The van der Waals surface area contributed by atoms with Crippen LogP contribution in [-0.4, -0.2) is 35.0 Å². The van der Waals surface area contributed by atoms with Crippen LogP contribution in [-0.2, 0) is 17.6 Å². The van der Waals surface area contributed by atoms with Gasteiger partial charge < -0.3 is 16.0 Å². The number of para-hydroxylation sites is 1. The van der Waals surface area contributed by atoms with Gasteiger partial charge in [0.2, 0.25) is 5.91 Å². The molecule has 1 aromatic carbocycles. The first-order valence-corrected chi connectivity index (χ1v) is 8.19. The molecular weight excluding hydrogens is 318 g/mol. The summed E-state index contributed by atoms with van der Waals surface area (Å²) in [7, 11) is 1.61. The predicted molar refractivity (Wildman–Crippen MR) is 96.2 cm³/mol. The van der Waals surface area contributed by atoms with E-state index in [4.69, 9.17) is 0 Å². The van der Waals surface area contributed by atoms with Gasteiger partial charge in [0.15, 0.2) is 0 Å². The molecule has 0 spiro atoms. The van der Waals surface area contributed by atoms with Crippen molar-refractivity contribution in [1.29, 1.82) is 0 Å². The Balaban J connectivity index is 1.90. The lowest BCUT2D eigenvalue weighted by atomic mass is 10.1. The van der Waals surface area contributed by atoms with E-state index in [1.54, 1.807) is 25.6 Å². The highest BCUT2D eigenvalue weighted by atomic mass is 16.2. The van der Waals surface area contributed by atoms with Gasteiger partial charge in [0.05, 0.1) is 5.69 Å². The maximum Gasteiger partial charge on any atom is 0.319 e. The Bertz CT molecular complexity index is 706. The number of rotatable bonds is 7. The van der Waals surface area contributed by atoms with Crippen molar-refractivity contribution < 1.29 is 9.59 Å². The molecule has 3 amide bonds. The van der Waals surface area contributed by atoms with Crippen LogP contribution in [0.3, 0.4) is 0 Å². The summed E-state index contributed by atoms with van der Waals surface area (Å²) in [5.41, 5.74) is 2.44. The van der Waals surface area contributed by atoms with Gasteiger partial charge >= 0.3 is 6.03 Å². The molecule has 132 valence electrons. The van der Waals surface area contributed by atoms with Gasteiger partial charge in [-0.3, -0.25) is 14.8 Å². The Kier molecular flexibility index (Phi) is 6.88. The Labute approximate surface area is 147 Å². The molecule has 1 heterocycles. The second-order valence-electron chi connectivity index (χ2n) is 5.73. The molecular formula is C18H23N5O2. The fraction of sp³-hybridized carbons (Fsp3) is 0.333. The Hall–Kier alpha value is -2.96. The van der Waals surface area contributed by atoms with Crippen LogP contribution in [0.1, 0.15) is 24.6 Å². The molecule has 0 radical (unpaired) electrons. The van der Waals surface area contributed by atoms with Crippen LogP contribution >= 0.6 is 0 Å². The topological polar surface area (TPSA) is 96.0 Å². The lowest BCUT2D eigenvalue weighted by molar-refractivity contribution is -0.120. The standard InChI is InChI=1S/C18H23N5O2/c1-13(11-15-12-20-9-10-21-15)22-18(25)23-16-6-4-3-5-14(16)7-8-17(24)19-2/h3-6,9-10,12-13H,7-8,11H2,1-2H3,(H,19,24)(H2,22,23,25)/t13-/m1/s1. The van der Waals surface area contributed by atoms with Gasteiger partial charge in [0.1, 0.15) is 0 Å². The van der Waals surface area contributed by atoms with Gasteiger partial charge in [-0.15, -0.1) is 0 Å². The van der Waals surface area contributed by atoms with Crippen LogP contribution in [0.5, 0.6) is 0 Å². The van der Waals surface area contributed by atoms with Crippen LogP contribution in [0.2, 0.25) is 0 Å². The molecule has 7 nitrogen and oxygen atoms in total. The van der Waals surface area contributed by atoms with Crippen molar-refractivity contribution in [3.05, 3.63) is 54.1 Å². The van der Waals surface area contributed by atoms with E-state index in [2.05, 4.69) is 25.9 Å². The zero-order chi connectivity index (χ0) is 18.1. The third-order valence-corrected chi connectivity index (χ3v) is 3.68. The highest BCUT2D eigenvalue weighted by molar-refractivity contribution is 5.90. The number of hydrogen-bond donors (Lipinski definition) is 3. The van der Waals surface area contributed by atoms with Crippen LogP contribution < -0.4 is 16.0 Å². The van der Waals surface area contributed by atoms with Gasteiger partial charge in [-0.2, -0.15) is 0 Å². The second-order valence-corrected chi connectivity index (χ2v) is 5.73. The molecule has 0 saturated carbocycles. The average molecular weight is 341 g/mol. The summed E-state index contributed by atoms with van der Waals surface area (Å²) in [5.74, 6) is -0.0307. The number of hydrogen-bond acceptors (Lipinski definition) is 4. The van der Waals surface area contributed by atoms with Crippen LogP contribution in [0, 0.1) is 0 Å². The molecule has 1 aromatic heterocycles. The van der Waals surface area contributed by atoms with E-state index >= 15 is 0 Å². The molecule has 7 heteroatoms. The molecule has 25 heavy (non-hydrogen) atoms. The highest BCUT2D eigenvalue weighted by Gasteiger charge is 2.11. The fourth-order valence-corrected chi connectivity index (χ4v) is 2.42. The van der Waals surface area contributed by atoms with Crippen molar-refractivity contribution in [2.45, 2.75) is 32.2 Å². The van der Waals surface area contributed by atoms with Crippen molar-refractivity contribution in [2.75, 3.05) is 12.4 Å². The van der Waals surface area contributed by atoms with E-state index in [0.717, 1.165) is 11.3 Å². The number of benzene rings is 1. The van der Waals surface area contributed by atoms with E-state index in [0.29, 0.717) is 24.9 Å². The van der Waals surface area contributed by atoms with Crippen LogP contribution in [0.4, 0.5) is 10.5 Å². The van der Waals surface area contributed by atoms with Gasteiger partial charge in [-0.25, -0.2) is 4.79 Å². The number of carbonyl (C=O) groups excluding carboxylic acids is 2. The summed E-state index contributed by atoms with van der Waals surface area (Å²) in [4.78, 5) is 31.9. The number of aromatic nitrogens is 2. The SMILES string of the molecule is CNC(=O)CCc1ccccc1NC(=O)N[C@H](C)Cc1cnccn1. The zero-order valence-electron chi connectivity index (χ0n) is 14.5. The molecule has 0 saturated heterocycles. The Morgan fingerprint density at radius 2 is 2.00 bits per heavy atom. The quantitative estimate of drug-likeness (QED) is 0.717. The number of anilines is 1. The number of urea groups is 1. The van der Waals surface area contributed by atoms with E-state index in [-0.39, 0.29) is 18.0 Å². The van der Waals surface area contributed by atoms with Crippen molar-refractivity contribution in [2.24, 2.45) is 0 Å². The Morgan fingerprint density at radius 3 is 2.72 bits per heavy atom. The van der Waals surface area contributed by atoms with Gasteiger partial charge in [0, 0.05) is 50.2 Å². The number of nitrogens with zero attached hydrogens (tertiary/aromatic N) is 2. The Morgan fingerprint density at radius 1 is 1.20 bits per heavy atom. The molecule has 3 N–H and O–H groups in total. The molecule has 0 aliphatic carbocycles. The normalized spacial score (nSPS) is 11.4. The van der Waals surface area contributed by atoms with Crippen molar-refractivity contribution in [1.82, 2.24) is 20.6 Å². The first-order chi connectivity index (χ1) is 12.1. The minimum atomic E-state index is -0.288. The average Bonchev–Trinajstić information content (AvgIpc) is 2.61. The maximum atomic E-state index is 12.2. The molecule has 0 fully saturated rings. The third kappa shape index (κ3) is 6.21. The number of nitrogens with one attached hydrogen (secondary N) is 3. The minimum absolute atomic E-state index is 0.0307. The fourth-order valence-electron chi connectivity index (χ4n) is 2.42. The molecule has 2 aromatic rings. The van der Waals surface area contributed by atoms with Crippen LogP contribution in [0.15, 0.2) is 42.9 Å². The third-order valence-electron chi connectivity index (χ3n) is 3.68. The molecule has 0 aliphatic rings.